The molecular formula is C52H32. The summed E-state index contributed by atoms with van der Waals surface area (Å²) >= 11 is 0. The molecule has 0 aliphatic heterocycles. The summed E-state index contributed by atoms with van der Waals surface area (Å²) in [7, 11) is 0. The van der Waals surface area contributed by atoms with E-state index in [4.69, 9.17) is 0 Å². The van der Waals surface area contributed by atoms with Gasteiger partial charge in [0, 0.05) is 0 Å². The van der Waals surface area contributed by atoms with Crippen molar-refractivity contribution in [2.24, 2.45) is 0 Å². The van der Waals surface area contributed by atoms with E-state index < -0.39 is 0 Å². The fourth-order valence-electron chi connectivity index (χ4n) is 8.90. The van der Waals surface area contributed by atoms with Crippen LogP contribution in [0.2, 0.25) is 0 Å². The summed E-state index contributed by atoms with van der Waals surface area (Å²) in [5, 5.41) is 17.7. The topological polar surface area (TPSA) is 0 Å². The highest BCUT2D eigenvalue weighted by Crippen LogP contribution is 2.50. The van der Waals surface area contributed by atoms with Crippen molar-refractivity contribution < 1.29 is 0 Å². The van der Waals surface area contributed by atoms with E-state index in [1.165, 1.54) is 109 Å². The Labute approximate surface area is 301 Å². The van der Waals surface area contributed by atoms with Gasteiger partial charge in [0.15, 0.2) is 0 Å². The highest BCUT2D eigenvalue weighted by Gasteiger charge is 2.22. The predicted molar refractivity (Wildman–Crippen MR) is 225 cm³/mol. The molecule has 0 nitrogen and oxygen atoms in total. The summed E-state index contributed by atoms with van der Waals surface area (Å²) in [6.45, 7) is 0. The van der Waals surface area contributed by atoms with Gasteiger partial charge >= 0.3 is 0 Å². The molecule has 0 radical (unpaired) electrons. The van der Waals surface area contributed by atoms with E-state index in [2.05, 4.69) is 194 Å². The summed E-state index contributed by atoms with van der Waals surface area (Å²) in [6.07, 6.45) is 0. The van der Waals surface area contributed by atoms with Gasteiger partial charge in [-0.25, -0.2) is 0 Å². The zero-order valence-corrected chi connectivity index (χ0v) is 28.5. The van der Waals surface area contributed by atoms with Crippen LogP contribution in [0.4, 0.5) is 0 Å². The van der Waals surface area contributed by atoms with Crippen LogP contribution in [0.1, 0.15) is 0 Å². The molecule has 0 amide bonds. The third-order valence-electron chi connectivity index (χ3n) is 11.3. The van der Waals surface area contributed by atoms with Crippen molar-refractivity contribution in [3.63, 3.8) is 0 Å². The predicted octanol–water partition coefficient (Wildman–Crippen LogP) is 14.8. The Bertz CT molecular complexity index is 3230. The van der Waals surface area contributed by atoms with Gasteiger partial charge in [0.2, 0.25) is 0 Å². The van der Waals surface area contributed by atoms with Gasteiger partial charge in [-0.2, -0.15) is 0 Å². The molecule has 0 aromatic heterocycles. The van der Waals surface area contributed by atoms with Gasteiger partial charge in [-0.3, -0.25) is 0 Å². The van der Waals surface area contributed by atoms with Gasteiger partial charge in [0.1, 0.15) is 0 Å². The fourth-order valence-corrected chi connectivity index (χ4v) is 8.90. The fraction of sp³-hybridized carbons (Fsp3) is 0. The molecule has 0 N–H and O–H groups in total. The van der Waals surface area contributed by atoms with Crippen molar-refractivity contribution in [3.05, 3.63) is 194 Å². The summed E-state index contributed by atoms with van der Waals surface area (Å²) in [4.78, 5) is 0. The number of fused-ring (bicyclic) bond motifs is 10. The maximum atomic E-state index is 2.39. The molecule has 52 heavy (non-hydrogen) atoms. The van der Waals surface area contributed by atoms with Crippen LogP contribution in [0, 0.1) is 0 Å². The van der Waals surface area contributed by atoms with Crippen LogP contribution in [-0.2, 0) is 0 Å². The van der Waals surface area contributed by atoms with Crippen LogP contribution in [0.3, 0.4) is 0 Å². The van der Waals surface area contributed by atoms with Crippen LogP contribution in [-0.4, -0.2) is 0 Å². The van der Waals surface area contributed by atoms with Gasteiger partial charge in [-0.15, -0.1) is 0 Å². The van der Waals surface area contributed by atoms with Crippen molar-refractivity contribution in [3.8, 4) is 33.4 Å². The van der Waals surface area contributed by atoms with E-state index in [1.807, 2.05) is 0 Å². The molecule has 0 heterocycles. The minimum Gasteiger partial charge on any atom is -0.0616 e. The minimum atomic E-state index is 1.24. The Morgan fingerprint density at radius 3 is 1.00 bits per heavy atom. The van der Waals surface area contributed by atoms with Crippen molar-refractivity contribution in [2.45, 2.75) is 0 Å². The highest BCUT2D eigenvalue weighted by atomic mass is 14.2. The zero-order valence-electron chi connectivity index (χ0n) is 28.5. The molecule has 11 rings (SSSR count). The first-order valence-corrected chi connectivity index (χ1v) is 18.1. The van der Waals surface area contributed by atoms with E-state index in [1.54, 1.807) is 0 Å². The molecule has 0 aliphatic rings. The number of benzene rings is 11. The van der Waals surface area contributed by atoms with Crippen LogP contribution in [0.5, 0.6) is 0 Å². The first-order chi connectivity index (χ1) is 25.8. The molecule has 240 valence electrons. The number of rotatable bonds is 3. The maximum Gasteiger partial charge on any atom is -0.00139 e. The second kappa shape index (κ2) is 11.4. The smallest absolute Gasteiger partial charge is 0.00139 e. The minimum absolute atomic E-state index is 1.24. The Kier molecular flexibility index (Phi) is 6.35. The summed E-state index contributed by atoms with van der Waals surface area (Å²) < 4.78 is 0. The van der Waals surface area contributed by atoms with E-state index in [-0.39, 0.29) is 0 Å². The molecule has 0 saturated heterocycles. The third-order valence-corrected chi connectivity index (χ3v) is 11.3. The summed E-state index contributed by atoms with van der Waals surface area (Å²) in [5.41, 5.74) is 7.52. The molecule has 0 fully saturated rings. The molecule has 11 aromatic rings. The quantitative estimate of drug-likeness (QED) is 0.166. The van der Waals surface area contributed by atoms with Crippen LogP contribution in [0.25, 0.3) is 109 Å². The lowest BCUT2D eigenvalue weighted by Crippen LogP contribution is -1.95. The molecule has 0 heteroatoms. The van der Waals surface area contributed by atoms with E-state index in [9.17, 15) is 0 Å². The normalized spacial score (nSPS) is 11.8. The van der Waals surface area contributed by atoms with Crippen molar-refractivity contribution in [2.75, 3.05) is 0 Å². The second-order valence-corrected chi connectivity index (χ2v) is 14.0. The summed E-state index contributed by atoms with van der Waals surface area (Å²) in [5.74, 6) is 0. The Hall–Kier alpha value is -6.76. The van der Waals surface area contributed by atoms with Gasteiger partial charge in [0.25, 0.3) is 0 Å². The monoisotopic (exact) mass is 656 g/mol. The summed E-state index contributed by atoms with van der Waals surface area (Å²) in [6, 6.07) is 72.1. The molecule has 11 aromatic carbocycles. The zero-order chi connectivity index (χ0) is 34.2. The molecule has 0 aliphatic carbocycles. The van der Waals surface area contributed by atoms with E-state index in [0.29, 0.717) is 0 Å². The van der Waals surface area contributed by atoms with Gasteiger partial charge in [-0.1, -0.05) is 194 Å². The Balaban J connectivity index is 1.36. The van der Waals surface area contributed by atoms with Gasteiger partial charge in [-0.05, 0) is 109 Å². The molecule has 0 saturated carbocycles. The Morgan fingerprint density at radius 2 is 0.481 bits per heavy atom. The molecule has 0 spiro atoms. The molecule has 0 bridgehead atoms. The highest BCUT2D eigenvalue weighted by molar-refractivity contribution is 6.24. The lowest BCUT2D eigenvalue weighted by atomic mass is 9.80. The average molecular weight is 657 g/mol. The molecule has 0 unspecified atom stereocenters. The van der Waals surface area contributed by atoms with Crippen LogP contribution in [0.15, 0.2) is 194 Å². The SMILES string of the molecule is c1ccc2c(-c3ccc4c(ccc5ccccc54)c3-c3c(-c4cccc5c4ccc4ccccc45)ccc4c3ccc3ccccc34)cccc2c1. The van der Waals surface area contributed by atoms with E-state index in [0.717, 1.165) is 0 Å². The first kappa shape index (κ1) is 29.0. The largest absolute Gasteiger partial charge is 0.0616 e. The maximum absolute atomic E-state index is 2.39. The first-order valence-electron chi connectivity index (χ1n) is 18.1. The van der Waals surface area contributed by atoms with Gasteiger partial charge in [0.05, 0.1) is 0 Å². The standard InChI is InChI=1S/C52H32/c1-5-16-37-33(11-1)15-9-20-42(37)49-31-29-44-39-18-7-3-13-35(39)24-27-47(44)51(49)52-48-28-25-36-14-4-8-19-40(36)45(48)30-32-50(52)43-22-10-21-41-38-17-6-2-12-34(38)23-26-46(41)43/h1-32H. The van der Waals surface area contributed by atoms with Crippen LogP contribution < -0.4 is 0 Å². The lowest BCUT2D eigenvalue weighted by molar-refractivity contribution is 1.64. The molecule has 0 atom stereocenters. The second-order valence-electron chi connectivity index (χ2n) is 14.0. The Morgan fingerprint density at radius 1 is 0.154 bits per heavy atom. The number of hydrogen-bond acceptors (Lipinski definition) is 0. The van der Waals surface area contributed by atoms with Crippen LogP contribution >= 0.6 is 0 Å². The molecular weight excluding hydrogens is 625 g/mol. The number of hydrogen-bond donors (Lipinski definition) is 0. The van der Waals surface area contributed by atoms with Crippen molar-refractivity contribution in [1.29, 1.82) is 0 Å². The van der Waals surface area contributed by atoms with Crippen molar-refractivity contribution >= 4 is 75.4 Å². The van der Waals surface area contributed by atoms with Crippen molar-refractivity contribution in [1.82, 2.24) is 0 Å². The third kappa shape index (κ3) is 4.28. The average Bonchev–Trinajstić information content (AvgIpc) is 3.22. The van der Waals surface area contributed by atoms with E-state index >= 15 is 0 Å². The van der Waals surface area contributed by atoms with Gasteiger partial charge < -0.3 is 0 Å². The lowest BCUT2D eigenvalue weighted by Gasteiger charge is -2.22.